The minimum absolute atomic E-state index is 0.111. The fourth-order valence-corrected chi connectivity index (χ4v) is 2.54. The summed E-state index contributed by atoms with van der Waals surface area (Å²) in [6.45, 7) is 5.14. The van der Waals surface area contributed by atoms with Gasteiger partial charge in [0.1, 0.15) is 11.7 Å². The third kappa shape index (κ3) is 1.56. The number of aryl methyl sites for hydroxylation is 2. The Morgan fingerprint density at radius 2 is 2.25 bits per heavy atom. The highest BCUT2D eigenvalue weighted by Gasteiger charge is 2.27. The zero-order valence-corrected chi connectivity index (χ0v) is 10.1. The van der Waals surface area contributed by atoms with Gasteiger partial charge in [0.25, 0.3) is 0 Å². The van der Waals surface area contributed by atoms with Gasteiger partial charge < -0.3 is 10.6 Å². The average molecular weight is 221 g/mol. The second-order valence-corrected chi connectivity index (χ2v) is 4.51. The van der Waals surface area contributed by atoms with Crippen molar-refractivity contribution in [3.63, 3.8) is 0 Å². The predicted octanol–water partition coefficient (Wildman–Crippen LogP) is 1.00. The third-order valence-corrected chi connectivity index (χ3v) is 3.29. The van der Waals surface area contributed by atoms with Crippen molar-refractivity contribution in [3.05, 3.63) is 11.3 Å². The fraction of sp³-hybridized carbons (Fsp3) is 0.636. The molecule has 1 aromatic rings. The van der Waals surface area contributed by atoms with Crippen LogP contribution in [0.1, 0.15) is 31.0 Å². The molecule has 0 spiro atoms. The first-order chi connectivity index (χ1) is 7.52. The van der Waals surface area contributed by atoms with Gasteiger partial charge >= 0.3 is 0 Å². The number of nitrogens with zero attached hydrogens (tertiary/aromatic N) is 3. The highest BCUT2D eigenvalue weighted by atomic mass is 15.4. The molecule has 1 aliphatic heterocycles. The van der Waals surface area contributed by atoms with E-state index in [4.69, 9.17) is 11.1 Å². The van der Waals surface area contributed by atoms with Crippen LogP contribution >= 0.6 is 0 Å². The Kier molecular flexibility index (Phi) is 2.61. The topological polar surface area (TPSA) is 70.9 Å². The maximum Gasteiger partial charge on any atom is 0.138 e. The lowest BCUT2D eigenvalue weighted by Crippen LogP contribution is -2.30. The van der Waals surface area contributed by atoms with E-state index in [-0.39, 0.29) is 5.84 Å². The van der Waals surface area contributed by atoms with Gasteiger partial charge in [-0.15, -0.1) is 0 Å². The predicted molar refractivity (Wildman–Crippen MR) is 65.0 cm³/mol. The van der Waals surface area contributed by atoms with E-state index >= 15 is 0 Å². The number of hydrogen-bond donors (Lipinski definition) is 2. The molecule has 0 radical (unpaired) electrons. The quantitative estimate of drug-likeness (QED) is 0.578. The molecule has 2 rings (SSSR count). The Morgan fingerprint density at radius 1 is 1.56 bits per heavy atom. The van der Waals surface area contributed by atoms with Crippen LogP contribution in [0.4, 0.5) is 5.82 Å². The van der Waals surface area contributed by atoms with Gasteiger partial charge in [0.2, 0.25) is 0 Å². The van der Waals surface area contributed by atoms with Crippen LogP contribution in [0.5, 0.6) is 0 Å². The lowest BCUT2D eigenvalue weighted by molar-refractivity contribution is 0.678. The van der Waals surface area contributed by atoms with Crippen LogP contribution in [0, 0.1) is 12.3 Å². The van der Waals surface area contributed by atoms with Crippen LogP contribution in [-0.2, 0) is 7.05 Å². The summed E-state index contributed by atoms with van der Waals surface area (Å²) in [5.74, 6) is 1.11. The Labute approximate surface area is 95.7 Å². The first-order valence-electron chi connectivity index (χ1n) is 5.67. The molecule has 1 fully saturated rings. The number of rotatable bonds is 2. The van der Waals surface area contributed by atoms with Crippen molar-refractivity contribution < 1.29 is 0 Å². The summed E-state index contributed by atoms with van der Waals surface area (Å²) in [4.78, 5) is 2.30. The minimum Gasteiger partial charge on any atom is -0.384 e. The fourth-order valence-electron chi connectivity index (χ4n) is 2.54. The highest BCUT2D eigenvalue weighted by molar-refractivity contribution is 6.01. The second-order valence-electron chi connectivity index (χ2n) is 4.51. The van der Waals surface area contributed by atoms with E-state index in [0.29, 0.717) is 6.04 Å². The molecule has 0 aliphatic carbocycles. The van der Waals surface area contributed by atoms with Gasteiger partial charge in [-0.05, 0) is 26.7 Å². The SMILES string of the molecule is Cc1nn(C)c(N2CCCC2C)c1C(=N)N. The van der Waals surface area contributed by atoms with Crippen molar-refractivity contribution in [2.45, 2.75) is 32.7 Å². The Morgan fingerprint density at radius 3 is 2.75 bits per heavy atom. The summed E-state index contributed by atoms with van der Waals surface area (Å²) >= 11 is 0. The van der Waals surface area contributed by atoms with E-state index in [9.17, 15) is 0 Å². The first-order valence-corrected chi connectivity index (χ1v) is 5.67. The van der Waals surface area contributed by atoms with Crippen molar-refractivity contribution in [1.29, 1.82) is 5.41 Å². The molecule has 2 heterocycles. The zero-order chi connectivity index (χ0) is 11.9. The Hall–Kier alpha value is -1.52. The highest BCUT2D eigenvalue weighted by Crippen LogP contribution is 2.29. The molecule has 0 amide bonds. The van der Waals surface area contributed by atoms with E-state index in [1.165, 1.54) is 12.8 Å². The molecule has 0 aromatic carbocycles. The molecule has 88 valence electrons. The maximum absolute atomic E-state index is 7.66. The first kappa shape index (κ1) is 11.0. The molecule has 1 aliphatic rings. The summed E-state index contributed by atoms with van der Waals surface area (Å²) in [5.41, 5.74) is 7.27. The molecule has 1 saturated heterocycles. The van der Waals surface area contributed by atoms with Crippen LogP contribution in [0.3, 0.4) is 0 Å². The van der Waals surface area contributed by atoms with Crippen LogP contribution in [-0.4, -0.2) is 28.2 Å². The lowest BCUT2D eigenvalue weighted by Gasteiger charge is -2.24. The van der Waals surface area contributed by atoms with Gasteiger partial charge in [-0.1, -0.05) is 0 Å². The van der Waals surface area contributed by atoms with Crippen molar-refractivity contribution in [2.75, 3.05) is 11.4 Å². The summed E-state index contributed by atoms with van der Waals surface area (Å²) in [5, 5.41) is 12.0. The smallest absolute Gasteiger partial charge is 0.138 e. The van der Waals surface area contributed by atoms with Crippen LogP contribution in [0.2, 0.25) is 0 Å². The molecule has 0 bridgehead atoms. The number of nitrogens with two attached hydrogens (primary N) is 1. The van der Waals surface area contributed by atoms with Gasteiger partial charge in [0.05, 0.1) is 11.3 Å². The maximum atomic E-state index is 7.66. The number of nitrogen functional groups attached to an aromatic ring is 1. The lowest BCUT2D eigenvalue weighted by atomic mass is 10.2. The van der Waals surface area contributed by atoms with Crippen molar-refractivity contribution in [2.24, 2.45) is 12.8 Å². The van der Waals surface area contributed by atoms with Crippen molar-refractivity contribution >= 4 is 11.7 Å². The standard InChI is InChI=1S/C11H19N5/c1-7-5-4-6-16(7)11-9(10(12)13)8(2)14-15(11)3/h7H,4-6H2,1-3H3,(H3,12,13). The molecular weight excluding hydrogens is 202 g/mol. The van der Waals surface area contributed by atoms with Gasteiger partial charge in [0.15, 0.2) is 0 Å². The number of nitrogens with one attached hydrogen (secondary N) is 1. The van der Waals surface area contributed by atoms with Crippen molar-refractivity contribution in [1.82, 2.24) is 9.78 Å². The number of amidine groups is 1. The molecule has 0 saturated carbocycles. The van der Waals surface area contributed by atoms with Crippen LogP contribution in [0.25, 0.3) is 0 Å². The van der Waals surface area contributed by atoms with Crippen molar-refractivity contribution in [3.8, 4) is 0 Å². The Bertz CT molecular complexity index is 420. The van der Waals surface area contributed by atoms with Gasteiger partial charge in [-0.2, -0.15) is 5.10 Å². The normalized spacial score (nSPS) is 20.4. The van der Waals surface area contributed by atoms with Gasteiger partial charge in [-0.25, -0.2) is 0 Å². The molecular formula is C11H19N5. The zero-order valence-electron chi connectivity index (χ0n) is 10.1. The van der Waals surface area contributed by atoms with E-state index in [0.717, 1.165) is 23.6 Å². The molecule has 3 N–H and O–H groups in total. The molecule has 1 atom stereocenters. The van der Waals surface area contributed by atoms with E-state index in [1.807, 2.05) is 18.7 Å². The van der Waals surface area contributed by atoms with Crippen LogP contribution in [0.15, 0.2) is 0 Å². The summed E-state index contributed by atoms with van der Waals surface area (Å²) in [7, 11) is 1.92. The third-order valence-electron chi connectivity index (χ3n) is 3.29. The number of aromatic nitrogens is 2. The largest absolute Gasteiger partial charge is 0.384 e. The molecule has 5 heteroatoms. The number of anilines is 1. The molecule has 5 nitrogen and oxygen atoms in total. The van der Waals surface area contributed by atoms with Gasteiger partial charge in [-0.3, -0.25) is 10.1 Å². The molecule has 1 unspecified atom stereocenters. The van der Waals surface area contributed by atoms with E-state index in [2.05, 4.69) is 16.9 Å². The van der Waals surface area contributed by atoms with E-state index < -0.39 is 0 Å². The monoisotopic (exact) mass is 221 g/mol. The summed E-state index contributed by atoms with van der Waals surface area (Å²) < 4.78 is 1.84. The molecule has 16 heavy (non-hydrogen) atoms. The summed E-state index contributed by atoms with van der Waals surface area (Å²) in [6.07, 6.45) is 2.39. The second kappa shape index (κ2) is 3.81. The molecule has 1 aromatic heterocycles. The average Bonchev–Trinajstić information content (AvgIpc) is 2.69. The minimum atomic E-state index is 0.111. The summed E-state index contributed by atoms with van der Waals surface area (Å²) in [6, 6.07) is 0.507. The van der Waals surface area contributed by atoms with Gasteiger partial charge in [0, 0.05) is 19.6 Å². The van der Waals surface area contributed by atoms with E-state index in [1.54, 1.807) is 0 Å². The van der Waals surface area contributed by atoms with Crippen LogP contribution < -0.4 is 10.6 Å². The number of hydrogen-bond acceptors (Lipinski definition) is 3. The Balaban J connectivity index is 2.50.